The Labute approximate surface area is 148 Å². The van der Waals surface area contributed by atoms with Gasteiger partial charge in [0, 0.05) is 0 Å². The van der Waals surface area contributed by atoms with Gasteiger partial charge in [-0.1, -0.05) is 0 Å². The van der Waals surface area contributed by atoms with E-state index in [0.717, 1.165) is 9.27 Å². The van der Waals surface area contributed by atoms with Gasteiger partial charge in [0.05, 0.1) is 0 Å². The Balaban J connectivity index is 1.81. The third kappa shape index (κ3) is 4.66. The van der Waals surface area contributed by atoms with Crippen LogP contribution < -0.4 is 10.9 Å². The molecule has 2 aromatic rings. The van der Waals surface area contributed by atoms with Gasteiger partial charge in [0.2, 0.25) is 0 Å². The number of hydrogen-bond donors (Lipinski definition) is 1. The van der Waals surface area contributed by atoms with Crippen LogP contribution in [-0.4, -0.2) is 48.3 Å². The molecule has 1 aromatic heterocycles. The third-order valence-corrected chi connectivity index (χ3v) is 5.82. The number of alkyl halides is 1. The first kappa shape index (κ1) is 18.6. The second kappa shape index (κ2) is 8.96. The van der Waals surface area contributed by atoms with Crippen LogP contribution in [0, 0.1) is 10.7 Å². The van der Waals surface area contributed by atoms with Crippen molar-refractivity contribution in [3.63, 3.8) is 0 Å². The molecule has 0 aliphatic carbocycles. The average molecular weight is 422 g/mol. The Morgan fingerprint density at radius 3 is 2.92 bits per heavy atom. The van der Waals surface area contributed by atoms with Crippen LogP contribution in [0.3, 0.4) is 0 Å². The zero-order valence-electron chi connectivity index (χ0n) is 12.7. The van der Waals surface area contributed by atoms with Gasteiger partial charge < -0.3 is 0 Å². The van der Waals surface area contributed by atoms with Crippen LogP contribution in [0.5, 0.6) is 0 Å². The number of urea groups is 1. The van der Waals surface area contributed by atoms with Crippen LogP contribution in [0.2, 0.25) is 0 Å². The van der Waals surface area contributed by atoms with Crippen LogP contribution >= 0.6 is 11.6 Å². The second-order valence-electron chi connectivity index (χ2n) is 4.97. The number of amides is 2. The predicted molar refractivity (Wildman–Crippen MR) is 91.0 cm³/mol. The average Bonchev–Trinajstić information content (AvgIpc) is 2.88. The van der Waals surface area contributed by atoms with Crippen molar-refractivity contribution >= 4 is 42.0 Å². The van der Waals surface area contributed by atoms with Crippen LogP contribution in [0.25, 0.3) is 9.65 Å². The molecule has 0 fully saturated rings. The number of aromatic nitrogens is 1. The number of aryl methyl sites for hydroxylation is 1. The van der Waals surface area contributed by atoms with Crippen LogP contribution in [0.4, 0.5) is 9.18 Å². The molecule has 0 aliphatic rings. The van der Waals surface area contributed by atoms with Crippen molar-refractivity contribution in [3.8, 4) is 0 Å². The van der Waals surface area contributed by atoms with Crippen LogP contribution in [0.15, 0.2) is 28.3 Å². The third-order valence-electron chi connectivity index (χ3n) is 3.30. The Kier molecular flexibility index (Phi) is 6.96. The summed E-state index contributed by atoms with van der Waals surface area (Å²) in [6.45, 7) is 0.961. The van der Waals surface area contributed by atoms with Crippen LogP contribution in [0.1, 0.15) is 12.8 Å². The maximum atomic E-state index is 13.2. The van der Waals surface area contributed by atoms with Crippen molar-refractivity contribution in [3.05, 3.63) is 39.3 Å². The van der Waals surface area contributed by atoms with Gasteiger partial charge in [-0.25, -0.2) is 0 Å². The first-order valence-corrected chi connectivity index (χ1v) is 9.46. The van der Waals surface area contributed by atoms with Gasteiger partial charge in [-0.3, -0.25) is 0 Å². The summed E-state index contributed by atoms with van der Waals surface area (Å²) in [6, 6.07) is 3.70. The molecule has 0 saturated carbocycles. The molecule has 2 rings (SSSR count). The molecule has 0 unspecified atom stereocenters. The minimum atomic E-state index is -0.588. The van der Waals surface area contributed by atoms with Crippen molar-refractivity contribution < 1.29 is 9.18 Å². The summed E-state index contributed by atoms with van der Waals surface area (Å²) in [6.07, 6.45) is 1.33. The molecule has 0 aliphatic heterocycles. The van der Waals surface area contributed by atoms with Gasteiger partial charge in [-0.15, -0.1) is 0 Å². The van der Waals surface area contributed by atoms with Gasteiger partial charge in [0.15, 0.2) is 0 Å². The Bertz CT molecular complexity index is 779. The van der Waals surface area contributed by atoms with E-state index in [2.05, 4.69) is 10.6 Å². The van der Waals surface area contributed by atoms with E-state index in [1.54, 1.807) is 9.63 Å². The Hall–Kier alpha value is -1.70. The van der Waals surface area contributed by atoms with Crippen molar-refractivity contribution in [2.24, 2.45) is 5.29 Å². The molecule has 2 amide bonds. The molecule has 1 aromatic carbocycles. The molecule has 0 spiro atoms. The molecule has 0 radical (unpaired) electrons. The summed E-state index contributed by atoms with van der Waals surface area (Å²) in [7, 11) is 0. The molecule has 1 N–H and O–H groups in total. The SMILES string of the molecule is O=NN(CCCl)C(=O)NCCCCn1[se]c2ccc(F)cc2c1=O. The zero-order chi connectivity index (χ0) is 17.5. The van der Waals surface area contributed by atoms with E-state index in [4.69, 9.17) is 11.6 Å². The van der Waals surface area contributed by atoms with E-state index in [9.17, 15) is 18.9 Å². The number of nitrogens with zero attached hydrogens (tertiary/aromatic N) is 3. The number of halogens is 2. The summed E-state index contributed by atoms with van der Waals surface area (Å²) in [5.74, 6) is -0.285. The molecule has 1 heterocycles. The normalized spacial score (nSPS) is 10.8. The fourth-order valence-corrected chi connectivity index (χ4v) is 4.40. The van der Waals surface area contributed by atoms with E-state index in [1.807, 2.05) is 0 Å². The minimum absolute atomic E-state index is 0.0521. The summed E-state index contributed by atoms with van der Waals surface area (Å²) in [5.41, 5.74) is -0.146. The molecule has 0 saturated heterocycles. The zero-order valence-corrected chi connectivity index (χ0v) is 15.2. The van der Waals surface area contributed by atoms with Gasteiger partial charge in [-0.2, -0.15) is 0 Å². The van der Waals surface area contributed by atoms with Crippen molar-refractivity contribution in [2.45, 2.75) is 19.4 Å². The standard InChI is InChI=1S/C14H16ClFN4O3Se/c15-5-8-19(18-23)14(22)17-6-1-2-7-20-13(21)11-9-10(16)3-4-12(11)24-20/h3-4,9H,1-2,5-8H2,(H,17,22). The van der Waals surface area contributed by atoms with Crippen molar-refractivity contribution in [1.29, 1.82) is 0 Å². The first-order chi connectivity index (χ1) is 11.6. The van der Waals surface area contributed by atoms with Crippen molar-refractivity contribution in [1.82, 2.24) is 13.9 Å². The van der Waals surface area contributed by atoms with Gasteiger partial charge in [-0.05, 0) is 0 Å². The summed E-state index contributed by atoms with van der Waals surface area (Å²) >= 11 is 5.32. The van der Waals surface area contributed by atoms with E-state index < -0.39 is 11.8 Å². The molecule has 130 valence electrons. The van der Waals surface area contributed by atoms with Gasteiger partial charge in [0.1, 0.15) is 0 Å². The van der Waals surface area contributed by atoms with E-state index >= 15 is 0 Å². The summed E-state index contributed by atoms with van der Waals surface area (Å²) < 4.78 is 15.8. The van der Waals surface area contributed by atoms with Gasteiger partial charge in [0.25, 0.3) is 0 Å². The van der Waals surface area contributed by atoms with Gasteiger partial charge >= 0.3 is 148 Å². The summed E-state index contributed by atoms with van der Waals surface area (Å²) in [4.78, 5) is 34.2. The Morgan fingerprint density at radius 1 is 1.42 bits per heavy atom. The number of unbranched alkanes of at least 4 members (excludes halogenated alkanes) is 1. The van der Waals surface area contributed by atoms with E-state index in [-0.39, 0.29) is 32.7 Å². The molecule has 0 atom stereocenters. The molecular weight excluding hydrogens is 406 g/mol. The molecule has 7 nitrogen and oxygen atoms in total. The number of benzene rings is 1. The number of nitrogens with one attached hydrogen (secondary N) is 1. The monoisotopic (exact) mass is 422 g/mol. The Morgan fingerprint density at radius 2 is 2.21 bits per heavy atom. The topological polar surface area (TPSA) is 83.8 Å². The number of carbonyl (C=O) groups excluding carboxylic acids is 1. The fraction of sp³-hybridized carbons (Fsp3) is 0.429. The summed E-state index contributed by atoms with van der Waals surface area (Å²) in [5, 5.41) is 6.32. The fourth-order valence-electron chi connectivity index (χ4n) is 2.12. The van der Waals surface area contributed by atoms with Crippen LogP contribution in [-0.2, 0) is 6.54 Å². The molecule has 0 bridgehead atoms. The quantitative estimate of drug-likeness (QED) is 0.232. The molecule has 24 heavy (non-hydrogen) atoms. The maximum absolute atomic E-state index is 13.2. The van der Waals surface area contributed by atoms with E-state index in [1.165, 1.54) is 12.1 Å². The second-order valence-corrected chi connectivity index (χ2v) is 7.58. The number of carbonyl (C=O) groups is 1. The first-order valence-electron chi connectivity index (χ1n) is 7.31. The molecule has 10 heteroatoms. The van der Waals surface area contributed by atoms with E-state index in [0.29, 0.717) is 31.3 Å². The number of fused-ring (bicyclic) bond motifs is 1. The number of hydrogen-bond acceptors (Lipinski definition) is 4. The molecular formula is C14H16ClFN4O3Se. The van der Waals surface area contributed by atoms with Crippen molar-refractivity contribution in [2.75, 3.05) is 19.0 Å². The predicted octanol–water partition coefficient (Wildman–Crippen LogP) is 1.91. The number of nitroso groups, excluding NO2 is 1. The number of rotatable bonds is 8.